The van der Waals surface area contributed by atoms with Crippen molar-refractivity contribution in [3.63, 3.8) is 0 Å². The van der Waals surface area contributed by atoms with E-state index in [2.05, 4.69) is 10.9 Å². The number of furan rings is 1. The number of hydrogen-bond acceptors (Lipinski definition) is 5. The minimum absolute atomic E-state index is 0.0958. The third-order valence-electron chi connectivity index (χ3n) is 4.40. The Kier molecular flexibility index (Phi) is 6.31. The predicted octanol–water partition coefficient (Wildman–Crippen LogP) is 1.88. The van der Waals surface area contributed by atoms with E-state index >= 15 is 0 Å². The maximum atomic E-state index is 12.4. The minimum atomic E-state index is -0.533. The summed E-state index contributed by atoms with van der Waals surface area (Å²) in [5.74, 6) is -0.425. The molecule has 0 saturated carbocycles. The summed E-state index contributed by atoms with van der Waals surface area (Å²) in [4.78, 5) is 38.5. The molecule has 3 rings (SSSR count). The Labute approximate surface area is 162 Å². The van der Waals surface area contributed by atoms with Crippen LogP contribution in [0.2, 0.25) is 0 Å². The van der Waals surface area contributed by atoms with E-state index in [-0.39, 0.29) is 18.9 Å². The number of rotatable bonds is 7. The molecular formula is C20H23N3O5. The molecule has 0 radical (unpaired) electrons. The van der Waals surface area contributed by atoms with Crippen molar-refractivity contribution in [1.29, 1.82) is 0 Å². The van der Waals surface area contributed by atoms with Crippen molar-refractivity contribution in [3.05, 3.63) is 54.0 Å². The number of ether oxygens (including phenoxy) is 1. The first kappa shape index (κ1) is 19.5. The summed E-state index contributed by atoms with van der Waals surface area (Å²) in [5, 5.41) is 0. The largest absolute Gasteiger partial charge is 0.493 e. The second-order valence-corrected chi connectivity index (χ2v) is 6.54. The van der Waals surface area contributed by atoms with Crippen LogP contribution < -0.4 is 15.6 Å². The fourth-order valence-corrected chi connectivity index (χ4v) is 2.97. The molecule has 1 fully saturated rings. The van der Waals surface area contributed by atoms with Crippen molar-refractivity contribution in [1.82, 2.24) is 15.8 Å². The van der Waals surface area contributed by atoms with Crippen LogP contribution in [0.15, 0.2) is 47.1 Å². The topological polar surface area (TPSA) is 101 Å². The molecule has 2 heterocycles. The molecular weight excluding hydrogens is 362 g/mol. The highest BCUT2D eigenvalue weighted by Crippen LogP contribution is 2.21. The van der Waals surface area contributed by atoms with E-state index in [0.29, 0.717) is 30.2 Å². The molecule has 0 bridgehead atoms. The minimum Gasteiger partial charge on any atom is -0.493 e. The fourth-order valence-electron chi connectivity index (χ4n) is 2.97. The second kappa shape index (κ2) is 9.07. The van der Waals surface area contributed by atoms with Crippen LogP contribution >= 0.6 is 0 Å². The van der Waals surface area contributed by atoms with E-state index in [1.54, 1.807) is 41.3 Å². The van der Waals surface area contributed by atoms with Crippen LogP contribution in [0.25, 0.3) is 0 Å². The SMILES string of the molecule is CCCOc1ccccc1C(=O)NNC(=O)C1CC(=O)N(Cc2ccco2)C1. The zero-order valence-corrected chi connectivity index (χ0v) is 15.6. The maximum Gasteiger partial charge on any atom is 0.273 e. The lowest BCUT2D eigenvalue weighted by Crippen LogP contribution is -2.45. The Morgan fingerprint density at radius 3 is 2.79 bits per heavy atom. The van der Waals surface area contributed by atoms with Gasteiger partial charge in [-0.25, -0.2) is 0 Å². The summed E-state index contributed by atoms with van der Waals surface area (Å²) in [6.07, 6.45) is 2.45. The molecule has 0 aliphatic carbocycles. The summed E-state index contributed by atoms with van der Waals surface area (Å²) in [6, 6.07) is 10.3. The normalized spacial score (nSPS) is 16.1. The third-order valence-corrected chi connectivity index (χ3v) is 4.40. The van der Waals surface area contributed by atoms with Crippen LogP contribution in [-0.4, -0.2) is 35.8 Å². The van der Waals surface area contributed by atoms with Gasteiger partial charge in [-0.15, -0.1) is 0 Å². The molecule has 2 aromatic rings. The van der Waals surface area contributed by atoms with E-state index in [9.17, 15) is 14.4 Å². The summed E-state index contributed by atoms with van der Waals surface area (Å²) >= 11 is 0. The number of nitrogens with one attached hydrogen (secondary N) is 2. The summed E-state index contributed by atoms with van der Waals surface area (Å²) in [6.45, 7) is 3.06. The lowest BCUT2D eigenvalue weighted by Gasteiger charge is -2.15. The molecule has 8 heteroatoms. The van der Waals surface area contributed by atoms with Gasteiger partial charge in [0.2, 0.25) is 11.8 Å². The van der Waals surface area contributed by atoms with Gasteiger partial charge in [0.05, 0.1) is 30.9 Å². The van der Waals surface area contributed by atoms with Gasteiger partial charge >= 0.3 is 0 Å². The first-order chi connectivity index (χ1) is 13.6. The standard InChI is InChI=1S/C20H23N3O5/c1-2-9-28-17-8-4-3-7-16(17)20(26)22-21-19(25)14-11-18(24)23(12-14)13-15-6-5-10-27-15/h3-8,10,14H,2,9,11-13H2,1H3,(H,21,25)(H,22,26). The molecule has 148 valence electrons. The highest BCUT2D eigenvalue weighted by Gasteiger charge is 2.34. The van der Waals surface area contributed by atoms with Crippen molar-refractivity contribution in [2.24, 2.45) is 5.92 Å². The van der Waals surface area contributed by atoms with E-state index in [0.717, 1.165) is 6.42 Å². The lowest BCUT2D eigenvalue weighted by molar-refractivity contribution is -0.129. The van der Waals surface area contributed by atoms with E-state index < -0.39 is 17.7 Å². The molecule has 1 unspecified atom stereocenters. The number of nitrogens with zero attached hydrogens (tertiary/aromatic N) is 1. The van der Waals surface area contributed by atoms with Crippen LogP contribution in [0.4, 0.5) is 0 Å². The quantitative estimate of drug-likeness (QED) is 0.709. The van der Waals surface area contributed by atoms with Crippen molar-refractivity contribution in [3.8, 4) is 5.75 Å². The van der Waals surface area contributed by atoms with Crippen molar-refractivity contribution < 1.29 is 23.5 Å². The molecule has 28 heavy (non-hydrogen) atoms. The first-order valence-electron chi connectivity index (χ1n) is 9.20. The monoisotopic (exact) mass is 385 g/mol. The van der Waals surface area contributed by atoms with Crippen LogP contribution in [0, 0.1) is 5.92 Å². The van der Waals surface area contributed by atoms with Gasteiger partial charge in [-0.3, -0.25) is 25.2 Å². The molecule has 1 aromatic carbocycles. The molecule has 8 nitrogen and oxygen atoms in total. The number of carbonyl (C=O) groups is 3. The van der Waals surface area contributed by atoms with Crippen LogP contribution in [0.3, 0.4) is 0 Å². The van der Waals surface area contributed by atoms with Gasteiger partial charge in [0.1, 0.15) is 11.5 Å². The van der Waals surface area contributed by atoms with Crippen molar-refractivity contribution in [2.75, 3.05) is 13.2 Å². The average molecular weight is 385 g/mol. The molecule has 1 aromatic heterocycles. The summed E-state index contributed by atoms with van der Waals surface area (Å²) in [7, 11) is 0. The zero-order valence-electron chi connectivity index (χ0n) is 15.6. The molecule has 1 saturated heterocycles. The van der Waals surface area contributed by atoms with Gasteiger partial charge in [0.25, 0.3) is 5.91 Å². The fraction of sp³-hybridized carbons (Fsp3) is 0.350. The van der Waals surface area contributed by atoms with E-state index in [1.807, 2.05) is 6.92 Å². The second-order valence-electron chi connectivity index (χ2n) is 6.54. The zero-order chi connectivity index (χ0) is 19.9. The van der Waals surface area contributed by atoms with Crippen LogP contribution in [-0.2, 0) is 16.1 Å². The molecule has 1 aliphatic rings. The molecule has 3 amide bonds. The van der Waals surface area contributed by atoms with Crippen LogP contribution in [0.5, 0.6) is 5.75 Å². The van der Waals surface area contributed by atoms with Gasteiger partial charge in [0, 0.05) is 13.0 Å². The van der Waals surface area contributed by atoms with E-state index in [1.165, 1.54) is 6.26 Å². The molecule has 1 aliphatic heterocycles. The Morgan fingerprint density at radius 1 is 1.21 bits per heavy atom. The summed E-state index contributed by atoms with van der Waals surface area (Å²) in [5.41, 5.74) is 5.14. The number of amides is 3. The third kappa shape index (κ3) is 4.70. The highest BCUT2D eigenvalue weighted by atomic mass is 16.5. The number of hydrogen-bond donors (Lipinski definition) is 2. The maximum absolute atomic E-state index is 12.4. The number of likely N-dealkylation sites (tertiary alicyclic amines) is 1. The van der Waals surface area contributed by atoms with Crippen molar-refractivity contribution >= 4 is 17.7 Å². The Bertz CT molecular complexity index is 834. The molecule has 2 N–H and O–H groups in total. The van der Waals surface area contributed by atoms with Gasteiger partial charge in [-0.05, 0) is 30.7 Å². The molecule has 1 atom stereocenters. The lowest BCUT2D eigenvalue weighted by atomic mass is 10.1. The number of benzene rings is 1. The average Bonchev–Trinajstić information content (AvgIpc) is 3.35. The summed E-state index contributed by atoms with van der Waals surface area (Å²) < 4.78 is 10.8. The Morgan fingerprint density at radius 2 is 2.04 bits per heavy atom. The van der Waals surface area contributed by atoms with Gasteiger partial charge in [0.15, 0.2) is 0 Å². The Balaban J connectivity index is 1.53. The van der Waals surface area contributed by atoms with Gasteiger partial charge < -0.3 is 14.1 Å². The molecule has 0 spiro atoms. The Hall–Kier alpha value is -3.29. The predicted molar refractivity (Wildman–Crippen MR) is 100 cm³/mol. The van der Waals surface area contributed by atoms with E-state index in [4.69, 9.17) is 9.15 Å². The van der Waals surface area contributed by atoms with Gasteiger partial charge in [-0.2, -0.15) is 0 Å². The first-order valence-corrected chi connectivity index (χ1v) is 9.20. The number of carbonyl (C=O) groups excluding carboxylic acids is 3. The smallest absolute Gasteiger partial charge is 0.273 e. The highest BCUT2D eigenvalue weighted by molar-refractivity contribution is 5.98. The van der Waals surface area contributed by atoms with Crippen LogP contribution in [0.1, 0.15) is 35.9 Å². The van der Waals surface area contributed by atoms with Crippen molar-refractivity contribution in [2.45, 2.75) is 26.3 Å². The number of para-hydroxylation sites is 1. The number of hydrazine groups is 1. The van der Waals surface area contributed by atoms with Gasteiger partial charge in [-0.1, -0.05) is 19.1 Å².